The molecule has 0 spiro atoms. The van der Waals surface area contributed by atoms with Crippen LogP contribution in [0.15, 0.2) is 72.5 Å². The van der Waals surface area contributed by atoms with Crippen LogP contribution in [-0.4, -0.2) is 6.54 Å². The van der Waals surface area contributed by atoms with E-state index in [1.54, 1.807) is 0 Å². The smallest absolute Gasteiger partial charge is 0.0340 e. The number of rotatable bonds is 9. The molecule has 1 saturated carbocycles. The highest BCUT2D eigenvalue weighted by molar-refractivity contribution is 5.28. The van der Waals surface area contributed by atoms with E-state index in [1.165, 1.54) is 115 Å². The monoisotopic (exact) mass is 435 g/mol. The molecule has 0 atom stereocenters. The van der Waals surface area contributed by atoms with E-state index < -0.39 is 0 Å². The first-order chi connectivity index (χ1) is 15.9. The topological polar surface area (TPSA) is 12.0 Å². The Morgan fingerprint density at radius 3 is 1.69 bits per heavy atom. The highest BCUT2D eigenvalue weighted by Crippen LogP contribution is 2.25. The second-order valence-corrected chi connectivity index (χ2v) is 9.63. The molecule has 0 heterocycles. The predicted molar refractivity (Wildman–Crippen MR) is 144 cm³/mol. The van der Waals surface area contributed by atoms with Crippen molar-refractivity contribution in [3.63, 3.8) is 0 Å². The minimum Gasteiger partial charge on any atom is -0.385 e. The van der Waals surface area contributed by atoms with E-state index in [2.05, 4.69) is 66.1 Å². The summed E-state index contributed by atoms with van der Waals surface area (Å²) in [5.41, 5.74) is 1.19. The van der Waals surface area contributed by atoms with E-state index in [9.17, 15) is 0 Å². The Labute approximate surface area is 199 Å². The average molecular weight is 436 g/mol. The third kappa shape index (κ3) is 15.1. The van der Waals surface area contributed by atoms with E-state index in [-0.39, 0.29) is 0 Å². The van der Waals surface area contributed by atoms with Crippen molar-refractivity contribution in [2.75, 3.05) is 6.54 Å². The van der Waals surface area contributed by atoms with Crippen LogP contribution < -0.4 is 5.32 Å². The summed E-state index contributed by atoms with van der Waals surface area (Å²) in [4.78, 5) is 0. The second kappa shape index (κ2) is 19.9. The maximum atomic E-state index is 3.60. The van der Waals surface area contributed by atoms with Gasteiger partial charge in [0.05, 0.1) is 0 Å². The fraction of sp³-hybridized carbons (Fsp3) is 0.613. The molecule has 178 valence electrons. The summed E-state index contributed by atoms with van der Waals surface area (Å²) in [5.74, 6) is 1.02. The molecule has 0 amide bonds. The van der Waals surface area contributed by atoms with Crippen molar-refractivity contribution < 1.29 is 0 Å². The zero-order chi connectivity index (χ0) is 22.4. The van der Waals surface area contributed by atoms with E-state index in [4.69, 9.17) is 0 Å². The summed E-state index contributed by atoms with van der Waals surface area (Å²) >= 11 is 0. The molecular formula is C31H49N. The van der Waals surface area contributed by atoms with Crippen LogP contribution in [0, 0.1) is 5.92 Å². The average Bonchev–Trinajstić information content (AvgIpc) is 2.78. The molecule has 32 heavy (non-hydrogen) atoms. The largest absolute Gasteiger partial charge is 0.385 e. The predicted octanol–water partition coefficient (Wildman–Crippen LogP) is 9.52. The molecule has 0 aromatic carbocycles. The molecule has 2 aliphatic carbocycles. The lowest BCUT2D eigenvalue weighted by Gasteiger charge is -2.18. The number of hydrogen-bond acceptors (Lipinski definition) is 1. The van der Waals surface area contributed by atoms with Gasteiger partial charge in [-0.3, -0.25) is 0 Å². The van der Waals surface area contributed by atoms with E-state index in [1.807, 2.05) is 6.08 Å². The minimum absolute atomic E-state index is 1.02. The van der Waals surface area contributed by atoms with Crippen LogP contribution in [0.2, 0.25) is 0 Å². The molecule has 0 aliphatic heterocycles. The Morgan fingerprint density at radius 1 is 0.531 bits per heavy atom. The maximum Gasteiger partial charge on any atom is 0.0340 e. The van der Waals surface area contributed by atoms with Gasteiger partial charge in [-0.25, -0.2) is 0 Å². The van der Waals surface area contributed by atoms with Gasteiger partial charge in [0.15, 0.2) is 0 Å². The van der Waals surface area contributed by atoms with Crippen molar-refractivity contribution in [1.82, 2.24) is 5.32 Å². The lowest BCUT2D eigenvalue weighted by Crippen LogP contribution is -2.13. The Bertz CT molecular complexity index is 604. The summed E-state index contributed by atoms with van der Waals surface area (Å²) < 4.78 is 0. The maximum absolute atomic E-state index is 3.60. The molecule has 2 rings (SSSR count). The fourth-order valence-electron chi connectivity index (χ4n) is 4.80. The van der Waals surface area contributed by atoms with E-state index >= 15 is 0 Å². The van der Waals surface area contributed by atoms with Crippen LogP contribution in [0.4, 0.5) is 0 Å². The standard InChI is InChI=1S/C31H49N/c1-3-7-12-18-24-30(25-19-13-8-4-1)26-20-14-11-17-23-29-32-31-27-21-15-9-5-2-6-10-16-22-28-31/h2,5-6,9-10,15-16,21-22,27-28,30,32H,1,3-4,7-8,11-14,17-20,23-26,29H2/b5-2-,6-2?,9-5?,10-6-,15-9-,16-10?,21-15?,22-16-,27-21-,28-22?,31-27?,31-28+. The molecule has 1 N–H and O–H groups in total. The van der Waals surface area contributed by atoms with Gasteiger partial charge in [-0.05, 0) is 24.5 Å². The summed E-state index contributed by atoms with van der Waals surface area (Å²) in [6.45, 7) is 1.06. The van der Waals surface area contributed by atoms with Crippen LogP contribution in [0.1, 0.15) is 109 Å². The molecule has 0 aromatic heterocycles. The number of unbranched alkanes of at least 4 members (excludes halogenated alkanes) is 4. The van der Waals surface area contributed by atoms with Gasteiger partial charge >= 0.3 is 0 Å². The Hall–Kier alpha value is -1.76. The van der Waals surface area contributed by atoms with Gasteiger partial charge in [0.25, 0.3) is 0 Å². The number of hydrogen-bond donors (Lipinski definition) is 1. The van der Waals surface area contributed by atoms with Crippen molar-refractivity contribution in [1.29, 1.82) is 0 Å². The summed E-state index contributed by atoms with van der Waals surface area (Å²) in [7, 11) is 0. The molecule has 1 fully saturated rings. The van der Waals surface area contributed by atoms with Crippen molar-refractivity contribution in [2.24, 2.45) is 5.92 Å². The second-order valence-electron chi connectivity index (χ2n) is 9.63. The SMILES string of the molecule is C1=C\C=C/C=C\C(NCCCCCCCC2CCCCCCCCCCC2)=C/C=C\C=C/1. The van der Waals surface area contributed by atoms with Gasteiger partial charge in [-0.15, -0.1) is 0 Å². The highest BCUT2D eigenvalue weighted by Gasteiger charge is 2.09. The third-order valence-corrected chi connectivity index (χ3v) is 6.78. The van der Waals surface area contributed by atoms with E-state index in [0.29, 0.717) is 0 Å². The Morgan fingerprint density at radius 2 is 1.03 bits per heavy atom. The van der Waals surface area contributed by atoms with Gasteiger partial charge in [0.2, 0.25) is 0 Å². The zero-order valence-electron chi connectivity index (χ0n) is 20.7. The van der Waals surface area contributed by atoms with Crippen LogP contribution in [0.3, 0.4) is 0 Å². The molecule has 0 saturated heterocycles. The van der Waals surface area contributed by atoms with Crippen LogP contribution in [-0.2, 0) is 0 Å². The first-order valence-corrected chi connectivity index (χ1v) is 13.7. The molecular weight excluding hydrogens is 386 g/mol. The van der Waals surface area contributed by atoms with Crippen molar-refractivity contribution >= 4 is 0 Å². The molecule has 0 radical (unpaired) electrons. The highest BCUT2D eigenvalue weighted by atomic mass is 14.9. The quantitative estimate of drug-likeness (QED) is 0.355. The van der Waals surface area contributed by atoms with Crippen molar-refractivity contribution in [3.8, 4) is 0 Å². The van der Waals surface area contributed by atoms with Gasteiger partial charge in [-0.2, -0.15) is 0 Å². The Balaban J connectivity index is 1.54. The molecule has 0 unspecified atom stereocenters. The van der Waals surface area contributed by atoms with Gasteiger partial charge < -0.3 is 5.32 Å². The molecule has 0 bridgehead atoms. The lowest BCUT2D eigenvalue weighted by molar-refractivity contribution is 0.360. The molecule has 2 aliphatic rings. The van der Waals surface area contributed by atoms with Gasteiger partial charge in [-0.1, -0.05) is 157 Å². The summed E-state index contributed by atoms with van der Waals surface area (Å²) in [6.07, 6.45) is 47.6. The molecule has 1 heteroatoms. The first kappa shape index (κ1) is 26.5. The van der Waals surface area contributed by atoms with Crippen LogP contribution in [0.5, 0.6) is 0 Å². The summed E-state index contributed by atoms with van der Waals surface area (Å²) in [5, 5.41) is 3.60. The Kier molecular flexibility index (Phi) is 16.5. The van der Waals surface area contributed by atoms with Crippen LogP contribution in [0.25, 0.3) is 0 Å². The molecule has 0 aromatic rings. The molecule has 1 nitrogen and oxygen atoms in total. The minimum atomic E-state index is 1.02. The van der Waals surface area contributed by atoms with E-state index in [0.717, 1.165) is 12.5 Å². The van der Waals surface area contributed by atoms with Crippen LogP contribution >= 0.6 is 0 Å². The van der Waals surface area contributed by atoms with Gasteiger partial charge in [0, 0.05) is 12.2 Å². The van der Waals surface area contributed by atoms with Gasteiger partial charge in [0.1, 0.15) is 0 Å². The normalized spacial score (nSPS) is 26.1. The fourth-order valence-corrected chi connectivity index (χ4v) is 4.80. The van der Waals surface area contributed by atoms with Crippen molar-refractivity contribution in [3.05, 3.63) is 72.5 Å². The summed E-state index contributed by atoms with van der Waals surface area (Å²) in [6, 6.07) is 0. The van der Waals surface area contributed by atoms with Crippen molar-refractivity contribution in [2.45, 2.75) is 109 Å². The zero-order valence-corrected chi connectivity index (χ0v) is 20.7. The third-order valence-electron chi connectivity index (χ3n) is 6.78. The first-order valence-electron chi connectivity index (χ1n) is 13.7. The number of nitrogens with one attached hydrogen (secondary N) is 1. The number of allylic oxidation sites excluding steroid dienone is 11. The lowest BCUT2D eigenvalue weighted by atomic mass is 9.89.